The number of hydrogen-bond acceptors (Lipinski definition) is 3. The van der Waals surface area contributed by atoms with Crippen LogP contribution in [0.1, 0.15) is 18.4 Å². The number of fused-ring (bicyclic) bond motifs is 1. The number of hydrogen-bond donors (Lipinski definition) is 1. The molecule has 2 nitrogen and oxygen atoms in total. The normalized spacial score (nSPS) is 12.4. The lowest BCUT2D eigenvalue weighted by Crippen LogP contribution is -2.09. The van der Waals surface area contributed by atoms with Crippen LogP contribution in [0, 0.1) is 0 Å². The first-order valence-electron chi connectivity index (χ1n) is 8.00. The number of pyridine rings is 1. The molecule has 2 aromatic carbocycles. The van der Waals surface area contributed by atoms with Gasteiger partial charge in [-0.2, -0.15) is 0 Å². The average molecular weight is 323 g/mol. The Balaban J connectivity index is 1.48. The molecule has 0 saturated carbocycles. The summed E-state index contributed by atoms with van der Waals surface area (Å²) in [7, 11) is 0. The van der Waals surface area contributed by atoms with Crippen LogP contribution in [0.25, 0.3) is 10.8 Å². The second-order valence-corrected chi connectivity index (χ2v) is 6.80. The third-order valence-corrected chi connectivity index (χ3v) is 5.05. The van der Waals surface area contributed by atoms with Crippen molar-refractivity contribution in [3.63, 3.8) is 0 Å². The van der Waals surface area contributed by atoms with Crippen LogP contribution >= 0.6 is 11.8 Å². The fourth-order valence-electron chi connectivity index (χ4n) is 2.65. The van der Waals surface area contributed by atoms with Gasteiger partial charge >= 0.3 is 0 Å². The van der Waals surface area contributed by atoms with Crippen molar-refractivity contribution in [1.29, 1.82) is 0 Å². The fraction of sp³-hybridized carbons (Fsp3) is 0.250. The van der Waals surface area contributed by atoms with Crippen molar-refractivity contribution >= 4 is 22.5 Å². The zero-order chi connectivity index (χ0) is 15.9. The molecule has 0 fully saturated rings. The molecule has 1 unspecified atom stereocenters. The first kappa shape index (κ1) is 16.0. The lowest BCUT2D eigenvalue weighted by atomic mass is 10.1. The van der Waals surface area contributed by atoms with Gasteiger partial charge in [0.2, 0.25) is 0 Å². The Bertz CT molecular complexity index is 739. The summed E-state index contributed by atoms with van der Waals surface area (Å²) in [5, 5.41) is 12.7. The second-order valence-electron chi connectivity index (χ2n) is 5.67. The number of aryl methyl sites for hydroxylation is 1. The van der Waals surface area contributed by atoms with Crippen LogP contribution in [0.3, 0.4) is 0 Å². The number of aliphatic hydroxyl groups excluding tert-OH is 1. The van der Waals surface area contributed by atoms with E-state index in [1.807, 2.05) is 24.0 Å². The SMILES string of the molecule is OC(CCSc1cccc2ccccc12)CCc1cccnc1. The number of aliphatic hydroxyl groups is 1. The number of rotatable bonds is 7. The largest absolute Gasteiger partial charge is 0.393 e. The average Bonchev–Trinajstić information content (AvgIpc) is 2.61. The number of aromatic nitrogens is 1. The molecule has 3 rings (SSSR count). The van der Waals surface area contributed by atoms with Gasteiger partial charge in [0, 0.05) is 23.0 Å². The molecule has 3 heteroatoms. The van der Waals surface area contributed by atoms with Crippen LogP contribution in [0.4, 0.5) is 0 Å². The Kier molecular flexibility index (Phi) is 5.67. The molecule has 23 heavy (non-hydrogen) atoms. The van der Waals surface area contributed by atoms with Gasteiger partial charge in [0.15, 0.2) is 0 Å². The lowest BCUT2D eigenvalue weighted by molar-refractivity contribution is 0.162. The molecule has 0 spiro atoms. The van der Waals surface area contributed by atoms with Crippen LogP contribution in [0.2, 0.25) is 0 Å². The number of benzene rings is 2. The van der Waals surface area contributed by atoms with E-state index in [0.717, 1.165) is 25.0 Å². The van der Waals surface area contributed by atoms with E-state index in [2.05, 4.69) is 53.5 Å². The Morgan fingerprint density at radius 1 is 0.957 bits per heavy atom. The highest BCUT2D eigenvalue weighted by Crippen LogP contribution is 2.28. The Hall–Kier alpha value is -1.84. The van der Waals surface area contributed by atoms with E-state index in [0.29, 0.717) is 0 Å². The van der Waals surface area contributed by atoms with E-state index in [1.165, 1.54) is 21.2 Å². The molecule has 118 valence electrons. The van der Waals surface area contributed by atoms with Gasteiger partial charge in [-0.15, -0.1) is 11.8 Å². The van der Waals surface area contributed by atoms with Gasteiger partial charge in [-0.1, -0.05) is 42.5 Å². The highest BCUT2D eigenvalue weighted by atomic mass is 32.2. The molecule has 1 heterocycles. The summed E-state index contributed by atoms with van der Waals surface area (Å²) in [6.45, 7) is 0. The van der Waals surface area contributed by atoms with Crippen LogP contribution in [-0.4, -0.2) is 21.9 Å². The van der Waals surface area contributed by atoms with Gasteiger partial charge in [-0.3, -0.25) is 4.98 Å². The van der Waals surface area contributed by atoms with Crippen molar-refractivity contribution in [2.45, 2.75) is 30.3 Å². The zero-order valence-corrected chi connectivity index (χ0v) is 13.9. The maximum atomic E-state index is 10.2. The maximum absolute atomic E-state index is 10.2. The standard InChI is InChI=1S/C20H21NOS/c22-18(11-10-16-5-4-13-21-15-16)12-14-23-20-9-3-7-17-6-1-2-8-19(17)20/h1-9,13,15,18,22H,10-12,14H2. The molecule has 0 saturated heterocycles. The smallest absolute Gasteiger partial charge is 0.0551 e. The fourth-order valence-corrected chi connectivity index (χ4v) is 3.78. The van der Waals surface area contributed by atoms with Crippen LogP contribution in [0.5, 0.6) is 0 Å². The van der Waals surface area contributed by atoms with Gasteiger partial charge in [-0.25, -0.2) is 0 Å². The van der Waals surface area contributed by atoms with Crippen LogP contribution < -0.4 is 0 Å². The number of thioether (sulfide) groups is 1. The molecule has 1 aromatic heterocycles. The predicted molar refractivity (Wildman–Crippen MR) is 97.9 cm³/mol. The van der Waals surface area contributed by atoms with E-state index in [1.54, 1.807) is 6.20 Å². The minimum absolute atomic E-state index is 0.252. The van der Waals surface area contributed by atoms with Crippen molar-refractivity contribution in [2.24, 2.45) is 0 Å². The first-order chi connectivity index (χ1) is 11.3. The summed E-state index contributed by atoms with van der Waals surface area (Å²) in [6.07, 6.45) is 5.89. The molecule has 0 aliphatic heterocycles. The van der Waals surface area contributed by atoms with E-state index < -0.39 is 0 Å². The van der Waals surface area contributed by atoms with E-state index >= 15 is 0 Å². The van der Waals surface area contributed by atoms with Gasteiger partial charge < -0.3 is 5.11 Å². The molecule has 3 aromatic rings. The first-order valence-corrected chi connectivity index (χ1v) is 8.99. The summed E-state index contributed by atoms with van der Waals surface area (Å²) in [5.41, 5.74) is 1.19. The van der Waals surface area contributed by atoms with Gasteiger partial charge in [0.25, 0.3) is 0 Å². The molecular formula is C20H21NOS. The molecule has 0 radical (unpaired) electrons. The quantitative estimate of drug-likeness (QED) is 0.639. The highest BCUT2D eigenvalue weighted by Gasteiger charge is 2.06. The van der Waals surface area contributed by atoms with Crippen molar-refractivity contribution in [3.05, 3.63) is 72.6 Å². The van der Waals surface area contributed by atoms with Crippen molar-refractivity contribution in [3.8, 4) is 0 Å². The Labute approximate surface area is 141 Å². The molecule has 1 N–H and O–H groups in total. The zero-order valence-electron chi connectivity index (χ0n) is 13.1. The van der Waals surface area contributed by atoms with Crippen LogP contribution in [0.15, 0.2) is 71.9 Å². The van der Waals surface area contributed by atoms with Crippen molar-refractivity contribution in [1.82, 2.24) is 4.98 Å². The summed E-state index contributed by atoms with van der Waals surface area (Å²) in [6, 6.07) is 18.9. The van der Waals surface area contributed by atoms with Crippen molar-refractivity contribution < 1.29 is 5.11 Å². The van der Waals surface area contributed by atoms with E-state index in [-0.39, 0.29) is 6.10 Å². The third-order valence-electron chi connectivity index (χ3n) is 3.95. The monoisotopic (exact) mass is 323 g/mol. The van der Waals surface area contributed by atoms with Gasteiger partial charge in [0.1, 0.15) is 0 Å². The van der Waals surface area contributed by atoms with Crippen molar-refractivity contribution in [2.75, 3.05) is 5.75 Å². The van der Waals surface area contributed by atoms with Gasteiger partial charge in [-0.05, 0) is 47.7 Å². The maximum Gasteiger partial charge on any atom is 0.0551 e. The molecule has 1 atom stereocenters. The molecule has 0 aliphatic carbocycles. The van der Waals surface area contributed by atoms with E-state index in [9.17, 15) is 5.11 Å². The molecule has 0 amide bonds. The van der Waals surface area contributed by atoms with Crippen LogP contribution in [-0.2, 0) is 6.42 Å². The summed E-state index contributed by atoms with van der Waals surface area (Å²) in [4.78, 5) is 5.40. The summed E-state index contributed by atoms with van der Waals surface area (Å²) >= 11 is 1.83. The van der Waals surface area contributed by atoms with Gasteiger partial charge in [0.05, 0.1) is 6.10 Å². The summed E-state index contributed by atoms with van der Waals surface area (Å²) in [5.74, 6) is 0.933. The predicted octanol–water partition coefficient (Wildman–Crippen LogP) is 4.71. The van der Waals surface area contributed by atoms with E-state index in [4.69, 9.17) is 0 Å². The highest BCUT2D eigenvalue weighted by molar-refractivity contribution is 7.99. The lowest BCUT2D eigenvalue weighted by Gasteiger charge is -2.11. The minimum Gasteiger partial charge on any atom is -0.393 e. The second kappa shape index (κ2) is 8.14. The Morgan fingerprint density at radius 3 is 2.70 bits per heavy atom. The topological polar surface area (TPSA) is 33.1 Å². The Morgan fingerprint density at radius 2 is 1.83 bits per heavy atom. The molecule has 0 aliphatic rings. The molecular weight excluding hydrogens is 302 g/mol. The summed E-state index contributed by atoms with van der Waals surface area (Å²) < 4.78 is 0. The third kappa shape index (κ3) is 4.57. The number of nitrogens with zero attached hydrogens (tertiary/aromatic N) is 1. The molecule has 0 bridgehead atoms. The minimum atomic E-state index is -0.252.